The molecule has 0 aliphatic rings. The largest absolute Gasteiger partial charge is 0.507 e. The van der Waals surface area contributed by atoms with Crippen LogP contribution in [0.2, 0.25) is 0 Å². The van der Waals surface area contributed by atoms with E-state index in [1.165, 1.54) is 11.1 Å². The second-order valence-corrected chi connectivity index (χ2v) is 5.88. The van der Waals surface area contributed by atoms with Crippen molar-refractivity contribution in [3.63, 3.8) is 0 Å². The summed E-state index contributed by atoms with van der Waals surface area (Å²) in [5, 5.41) is 13.4. The normalized spacial score (nSPS) is 12.3. The summed E-state index contributed by atoms with van der Waals surface area (Å²) in [6.45, 7) is 6.97. The molecule has 0 aromatic heterocycles. The summed E-state index contributed by atoms with van der Waals surface area (Å²) >= 11 is 0. The van der Waals surface area contributed by atoms with Crippen molar-refractivity contribution in [3.8, 4) is 5.75 Å². The zero-order chi connectivity index (χ0) is 15.2. The van der Waals surface area contributed by atoms with Crippen molar-refractivity contribution < 1.29 is 5.11 Å². The summed E-state index contributed by atoms with van der Waals surface area (Å²) in [5.41, 5.74) is 4.52. The molecule has 2 heteroatoms. The van der Waals surface area contributed by atoms with Crippen LogP contribution in [0.25, 0.3) is 0 Å². The van der Waals surface area contributed by atoms with Crippen LogP contribution in [0.5, 0.6) is 5.75 Å². The van der Waals surface area contributed by atoms with Crippen molar-refractivity contribution in [1.82, 2.24) is 5.32 Å². The number of phenolic OH excluding ortho intramolecular Hbond substituents is 1. The van der Waals surface area contributed by atoms with Gasteiger partial charge in [-0.1, -0.05) is 42.5 Å². The zero-order valence-electron chi connectivity index (χ0n) is 13.2. The van der Waals surface area contributed by atoms with Crippen LogP contribution in [0.4, 0.5) is 0 Å². The summed E-state index contributed by atoms with van der Waals surface area (Å²) in [5.74, 6) is 0.413. The zero-order valence-corrected chi connectivity index (χ0v) is 13.2. The summed E-state index contributed by atoms with van der Waals surface area (Å²) < 4.78 is 0. The van der Waals surface area contributed by atoms with Crippen LogP contribution in [0, 0.1) is 13.8 Å². The molecular weight excluding hydrogens is 258 g/mol. The minimum atomic E-state index is 0.413. The summed E-state index contributed by atoms with van der Waals surface area (Å²) in [6, 6.07) is 15.2. The van der Waals surface area contributed by atoms with Crippen LogP contribution < -0.4 is 5.32 Å². The molecule has 0 heterocycles. The summed E-state index contributed by atoms with van der Waals surface area (Å²) in [6.07, 6.45) is 2.22. The minimum Gasteiger partial charge on any atom is -0.507 e. The van der Waals surface area contributed by atoms with Gasteiger partial charge in [-0.3, -0.25) is 0 Å². The highest BCUT2D eigenvalue weighted by Gasteiger charge is 2.06. The maximum Gasteiger partial charge on any atom is 0.121 e. The Balaban J connectivity index is 1.82. The van der Waals surface area contributed by atoms with Crippen molar-refractivity contribution in [2.24, 2.45) is 0 Å². The number of rotatable bonds is 6. The molecular formula is C19H25NO. The van der Waals surface area contributed by atoms with E-state index in [0.29, 0.717) is 11.8 Å². The number of phenols is 1. The molecule has 0 aliphatic heterocycles. The van der Waals surface area contributed by atoms with Gasteiger partial charge in [-0.15, -0.1) is 0 Å². The third-order valence-corrected chi connectivity index (χ3v) is 3.91. The smallest absolute Gasteiger partial charge is 0.121 e. The number of hydrogen-bond acceptors (Lipinski definition) is 2. The molecule has 0 radical (unpaired) electrons. The number of nitrogens with one attached hydrogen (secondary N) is 1. The number of aryl methyl sites for hydroxylation is 3. The van der Waals surface area contributed by atoms with Crippen LogP contribution in [0.3, 0.4) is 0 Å². The lowest BCUT2D eigenvalue weighted by atomic mass is 10.0. The molecule has 2 rings (SSSR count). The van der Waals surface area contributed by atoms with E-state index in [1.807, 2.05) is 13.8 Å². The van der Waals surface area contributed by atoms with Gasteiger partial charge in [0.2, 0.25) is 0 Å². The predicted octanol–water partition coefficient (Wildman–Crippen LogP) is 4.12. The lowest BCUT2D eigenvalue weighted by Crippen LogP contribution is -2.26. The molecule has 0 saturated heterocycles. The number of hydrogen-bond donors (Lipinski definition) is 2. The first-order chi connectivity index (χ1) is 10.1. The molecule has 2 nitrogen and oxygen atoms in total. The van der Waals surface area contributed by atoms with Crippen LogP contribution in [-0.4, -0.2) is 11.1 Å². The van der Waals surface area contributed by atoms with E-state index < -0.39 is 0 Å². The van der Waals surface area contributed by atoms with Gasteiger partial charge in [0.05, 0.1) is 0 Å². The third-order valence-electron chi connectivity index (χ3n) is 3.91. The molecule has 0 saturated carbocycles. The average molecular weight is 283 g/mol. The standard InChI is InChI=1S/C19H25NO/c1-14-11-18(12-15(2)19(14)21)13-20-16(3)9-10-17-7-5-4-6-8-17/h4-8,11-12,16,20-21H,9-10,13H2,1-3H3. The first-order valence-corrected chi connectivity index (χ1v) is 7.62. The molecule has 2 aromatic rings. The number of aromatic hydroxyl groups is 1. The van der Waals surface area contributed by atoms with Crippen molar-refractivity contribution in [3.05, 3.63) is 64.7 Å². The molecule has 0 aliphatic carbocycles. The lowest BCUT2D eigenvalue weighted by Gasteiger charge is -2.15. The highest BCUT2D eigenvalue weighted by atomic mass is 16.3. The fraction of sp³-hybridized carbons (Fsp3) is 0.368. The molecule has 2 N–H and O–H groups in total. The van der Waals surface area contributed by atoms with Gasteiger partial charge in [0, 0.05) is 12.6 Å². The van der Waals surface area contributed by atoms with Crippen LogP contribution in [0.15, 0.2) is 42.5 Å². The van der Waals surface area contributed by atoms with Crippen LogP contribution in [0.1, 0.15) is 35.6 Å². The topological polar surface area (TPSA) is 32.3 Å². The highest BCUT2D eigenvalue weighted by Crippen LogP contribution is 2.22. The van der Waals surface area contributed by atoms with Gasteiger partial charge in [0.1, 0.15) is 5.75 Å². The summed E-state index contributed by atoms with van der Waals surface area (Å²) in [4.78, 5) is 0. The summed E-state index contributed by atoms with van der Waals surface area (Å²) in [7, 11) is 0. The predicted molar refractivity (Wildman–Crippen MR) is 88.6 cm³/mol. The second-order valence-electron chi connectivity index (χ2n) is 5.88. The molecule has 0 bridgehead atoms. The quantitative estimate of drug-likeness (QED) is 0.836. The Hall–Kier alpha value is -1.80. The molecule has 0 fully saturated rings. The number of benzene rings is 2. The molecule has 2 aromatic carbocycles. The Morgan fingerprint density at radius 2 is 1.62 bits per heavy atom. The lowest BCUT2D eigenvalue weighted by molar-refractivity contribution is 0.465. The maximum atomic E-state index is 9.80. The average Bonchev–Trinajstić information content (AvgIpc) is 2.49. The van der Waals surface area contributed by atoms with Crippen LogP contribution >= 0.6 is 0 Å². The minimum absolute atomic E-state index is 0.413. The third kappa shape index (κ3) is 4.61. The van der Waals surface area contributed by atoms with Gasteiger partial charge in [0.15, 0.2) is 0 Å². The van der Waals surface area contributed by atoms with E-state index in [0.717, 1.165) is 30.5 Å². The van der Waals surface area contributed by atoms with E-state index in [1.54, 1.807) is 0 Å². The molecule has 21 heavy (non-hydrogen) atoms. The van der Waals surface area contributed by atoms with E-state index in [4.69, 9.17) is 0 Å². The second kappa shape index (κ2) is 7.28. The SMILES string of the molecule is Cc1cc(CNC(C)CCc2ccccc2)cc(C)c1O. The Morgan fingerprint density at radius 3 is 2.24 bits per heavy atom. The monoisotopic (exact) mass is 283 g/mol. The molecule has 112 valence electrons. The van der Waals surface area contributed by atoms with E-state index >= 15 is 0 Å². The van der Waals surface area contributed by atoms with Gasteiger partial charge in [0.25, 0.3) is 0 Å². The Kier molecular flexibility index (Phi) is 5.40. The van der Waals surface area contributed by atoms with Gasteiger partial charge < -0.3 is 10.4 Å². The fourth-order valence-electron chi connectivity index (χ4n) is 2.57. The van der Waals surface area contributed by atoms with Crippen molar-refractivity contribution in [1.29, 1.82) is 0 Å². The Morgan fingerprint density at radius 1 is 1.00 bits per heavy atom. The van der Waals surface area contributed by atoms with Crippen molar-refractivity contribution in [2.75, 3.05) is 0 Å². The molecule has 1 unspecified atom stereocenters. The molecule has 0 spiro atoms. The van der Waals surface area contributed by atoms with Crippen LogP contribution in [-0.2, 0) is 13.0 Å². The van der Waals surface area contributed by atoms with Gasteiger partial charge >= 0.3 is 0 Å². The van der Waals surface area contributed by atoms with Crippen molar-refractivity contribution >= 4 is 0 Å². The first-order valence-electron chi connectivity index (χ1n) is 7.62. The fourth-order valence-corrected chi connectivity index (χ4v) is 2.57. The highest BCUT2D eigenvalue weighted by molar-refractivity contribution is 5.42. The van der Waals surface area contributed by atoms with Crippen molar-refractivity contribution in [2.45, 2.75) is 46.2 Å². The Bertz CT molecular complexity index is 554. The van der Waals surface area contributed by atoms with Gasteiger partial charge in [-0.25, -0.2) is 0 Å². The Labute approximate surface area is 127 Å². The van der Waals surface area contributed by atoms with Gasteiger partial charge in [-0.2, -0.15) is 0 Å². The van der Waals surface area contributed by atoms with Gasteiger partial charge in [-0.05, 0) is 55.9 Å². The molecule has 1 atom stereocenters. The van der Waals surface area contributed by atoms with E-state index in [2.05, 4.69) is 54.7 Å². The van der Waals surface area contributed by atoms with E-state index in [9.17, 15) is 5.11 Å². The molecule has 0 amide bonds. The van der Waals surface area contributed by atoms with E-state index in [-0.39, 0.29) is 0 Å². The maximum absolute atomic E-state index is 9.80. The first kappa shape index (κ1) is 15.6.